The molecule has 0 aliphatic heterocycles. The van der Waals surface area contributed by atoms with Crippen molar-refractivity contribution >= 4 is 0 Å². The highest BCUT2D eigenvalue weighted by Crippen LogP contribution is 2.31. The number of pyridine rings is 1. The van der Waals surface area contributed by atoms with E-state index in [1.165, 1.54) is 6.07 Å². The van der Waals surface area contributed by atoms with Gasteiger partial charge in [0.1, 0.15) is 17.2 Å². The van der Waals surface area contributed by atoms with Gasteiger partial charge in [0.2, 0.25) is 0 Å². The number of nitrogens with zero attached hydrogens (tertiary/aromatic N) is 1. The average Bonchev–Trinajstić information content (AvgIpc) is 2.42. The number of hydrogen-bond acceptors (Lipinski definition) is 3. The first-order valence-corrected chi connectivity index (χ1v) is 6.52. The van der Waals surface area contributed by atoms with Gasteiger partial charge in [0.25, 0.3) is 0 Å². The number of aliphatic hydroxyl groups is 1. The molecule has 0 aliphatic rings. The molecular weight excluding hydrogens is 257 g/mol. The molecule has 0 aliphatic carbocycles. The van der Waals surface area contributed by atoms with Crippen molar-refractivity contribution in [1.29, 1.82) is 0 Å². The maximum atomic E-state index is 13.7. The Labute approximate surface area is 118 Å². The van der Waals surface area contributed by atoms with Crippen LogP contribution in [0.1, 0.15) is 30.5 Å². The number of aryl methyl sites for hydroxylation is 1. The van der Waals surface area contributed by atoms with E-state index in [1.807, 2.05) is 6.92 Å². The number of halogens is 1. The second-order valence-electron chi connectivity index (χ2n) is 4.88. The lowest BCUT2D eigenvalue weighted by Gasteiger charge is -2.25. The summed E-state index contributed by atoms with van der Waals surface area (Å²) in [4.78, 5) is 4.06. The van der Waals surface area contributed by atoms with Gasteiger partial charge < -0.3 is 9.84 Å². The van der Waals surface area contributed by atoms with E-state index in [0.717, 1.165) is 0 Å². The fraction of sp³-hybridized carbons (Fsp3) is 0.312. The smallest absolute Gasteiger partial charge is 0.137 e. The zero-order valence-corrected chi connectivity index (χ0v) is 11.9. The normalized spacial score (nSPS) is 13.8. The molecule has 1 N–H and O–H groups in total. The van der Waals surface area contributed by atoms with Crippen LogP contribution in [0.4, 0.5) is 4.39 Å². The summed E-state index contributed by atoms with van der Waals surface area (Å²) in [7, 11) is 0. The SMILES string of the molecule is CCOc1cncc(C(C)(O)c2ccc(C)c(F)c2)c1. The van der Waals surface area contributed by atoms with Gasteiger partial charge in [0, 0.05) is 11.8 Å². The maximum absolute atomic E-state index is 13.7. The van der Waals surface area contributed by atoms with Crippen LogP contribution >= 0.6 is 0 Å². The van der Waals surface area contributed by atoms with Crippen LogP contribution < -0.4 is 4.74 Å². The molecule has 0 saturated heterocycles. The van der Waals surface area contributed by atoms with E-state index in [9.17, 15) is 9.50 Å². The van der Waals surface area contributed by atoms with Crippen LogP contribution in [0.25, 0.3) is 0 Å². The Morgan fingerprint density at radius 1 is 1.25 bits per heavy atom. The second kappa shape index (κ2) is 5.59. The van der Waals surface area contributed by atoms with Gasteiger partial charge in [-0.25, -0.2) is 4.39 Å². The van der Waals surface area contributed by atoms with E-state index in [4.69, 9.17) is 4.74 Å². The fourth-order valence-electron chi connectivity index (χ4n) is 1.99. The molecule has 20 heavy (non-hydrogen) atoms. The van der Waals surface area contributed by atoms with Crippen molar-refractivity contribution in [1.82, 2.24) is 4.98 Å². The third-order valence-electron chi connectivity index (χ3n) is 3.32. The van der Waals surface area contributed by atoms with Gasteiger partial charge in [-0.2, -0.15) is 0 Å². The van der Waals surface area contributed by atoms with Gasteiger partial charge in [0.05, 0.1) is 12.8 Å². The molecule has 106 valence electrons. The van der Waals surface area contributed by atoms with Crippen LogP contribution in [0.5, 0.6) is 5.75 Å². The van der Waals surface area contributed by atoms with Gasteiger partial charge in [-0.1, -0.05) is 12.1 Å². The Bertz CT molecular complexity index is 611. The molecule has 0 amide bonds. The number of rotatable bonds is 4. The third-order valence-corrected chi connectivity index (χ3v) is 3.32. The summed E-state index contributed by atoms with van der Waals surface area (Å²) in [6, 6.07) is 6.43. The standard InChI is InChI=1S/C16H18FNO2/c1-4-20-14-7-13(9-18-10-14)16(3,19)12-6-5-11(2)15(17)8-12/h5-10,19H,4H2,1-3H3. The van der Waals surface area contributed by atoms with Crippen LogP contribution in [-0.2, 0) is 5.60 Å². The van der Waals surface area contributed by atoms with Crippen LogP contribution in [0, 0.1) is 12.7 Å². The van der Waals surface area contributed by atoms with Gasteiger partial charge in [0.15, 0.2) is 0 Å². The number of benzene rings is 1. The van der Waals surface area contributed by atoms with Crippen molar-refractivity contribution in [2.75, 3.05) is 6.61 Å². The van der Waals surface area contributed by atoms with Crippen molar-refractivity contribution in [3.05, 3.63) is 59.2 Å². The first kappa shape index (κ1) is 14.5. The molecule has 0 radical (unpaired) electrons. The topological polar surface area (TPSA) is 42.4 Å². The van der Waals surface area contributed by atoms with E-state index in [2.05, 4.69) is 4.98 Å². The fourth-order valence-corrected chi connectivity index (χ4v) is 1.99. The molecule has 1 aromatic heterocycles. The highest BCUT2D eigenvalue weighted by atomic mass is 19.1. The summed E-state index contributed by atoms with van der Waals surface area (Å²) < 4.78 is 19.0. The van der Waals surface area contributed by atoms with Crippen LogP contribution in [0.3, 0.4) is 0 Å². The summed E-state index contributed by atoms with van der Waals surface area (Å²) >= 11 is 0. The van der Waals surface area contributed by atoms with Crippen LogP contribution in [-0.4, -0.2) is 16.7 Å². The Hall–Kier alpha value is -1.94. The van der Waals surface area contributed by atoms with E-state index < -0.39 is 5.60 Å². The summed E-state index contributed by atoms with van der Waals surface area (Å²) in [5, 5.41) is 10.7. The molecule has 0 bridgehead atoms. The molecule has 1 heterocycles. The quantitative estimate of drug-likeness (QED) is 0.931. The largest absolute Gasteiger partial charge is 0.492 e. The predicted molar refractivity (Wildman–Crippen MR) is 75.2 cm³/mol. The predicted octanol–water partition coefficient (Wildman–Crippen LogP) is 3.18. The summed E-state index contributed by atoms with van der Waals surface area (Å²) in [5.41, 5.74) is 0.266. The summed E-state index contributed by atoms with van der Waals surface area (Å²) in [6.07, 6.45) is 3.14. The molecule has 2 aromatic rings. The molecule has 0 saturated carbocycles. The Morgan fingerprint density at radius 2 is 2.00 bits per heavy atom. The third kappa shape index (κ3) is 2.80. The monoisotopic (exact) mass is 275 g/mol. The van der Waals surface area contributed by atoms with Crippen molar-refractivity contribution in [2.45, 2.75) is 26.4 Å². The molecule has 2 rings (SSSR count). The average molecular weight is 275 g/mol. The lowest BCUT2D eigenvalue weighted by Crippen LogP contribution is -2.23. The van der Waals surface area contributed by atoms with Crippen molar-refractivity contribution in [2.24, 2.45) is 0 Å². The minimum absolute atomic E-state index is 0.336. The second-order valence-corrected chi connectivity index (χ2v) is 4.88. The zero-order valence-electron chi connectivity index (χ0n) is 11.9. The molecular formula is C16H18FNO2. The maximum Gasteiger partial charge on any atom is 0.137 e. The van der Waals surface area contributed by atoms with E-state index in [-0.39, 0.29) is 5.82 Å². The molecule has 0 spiro atoms. The lowest BCUT2D eigenvalue weighted by molar-refractivity contribution is 0.101. The minimum Gasteiger partial charge on any atom is -0.492 e. The van der Waals surface area contributed by atoms with Crippen LogP contribution in [0.2, 0.25) is 0 Å². The minimum atomic E-state index is -1.32. The van der Waals surface area contributed by atoms with Gasteiger partial charge >= 0.3 is 0 Å². The first-order chi connectivity index (χ1) is 9.45. The van der Waals surface area contributed by atoms with Crippen molar-refractivity contribution in [3.8, 4) is 5.75 Å². The van der Waals surface area contributed by atoms with Crippen molar-refractivity contribution < 1.29 is 14.2 Å². The number of ether oxygens (including phenoxy) is 1. The van der Waals surface area contributed by atoms with Crippen LogP contribution in [0.15, 0.2) is 36.7 Å². The van der Waals surface area contributed by atoms with Gasteiger partial charge in [-0.3, -0.25) is 4.98 Å². The van der Waals surface area contributed by atoms with Gasteiger partial charge in [-0.05, 0) is 44.0 Å². The van der Waals surface area contributed by atoms with E-state index in [0.29, 0.717) is 29.0 Å². The molecule has 1 atom stereocenters. The highest BCUT2D eigenvalue weighted by molar-refractivity contribution is 5.38. The van der Waals surface area contributed by atoms with Gasteiger partial charge in [-0.15, -0.1) is 0 Å². The Balaban J connectivity index is 2.42. The Morgan fingerprint density at radius 3 is 2.65 bits per heavy atom. The first-order valence-electron chi connectivity index (χ1n) is 6.52. The van der Waals surface area contributed by atoms with E-state index >= 15 is 0 Å². The lowest BCUT2D eigenvalue weighted by atomic mass is 9.88. The van der Waals surface area contributed by atoms with Crippen molar-refractivity contribution in [3.63, 3.8) is 0 Å². The molecule has 1 aromatic carbocycles. The summed E-state index contributed by atoms with van der Waals surface area (Å²) in [5.74, 6) is 0.245. The summed E-state index contributed by atoms with van der Waals surface area (Å²) in [6.45, 7) is 5.70. The van der Waals surface area contributed by atoms with E-state index in [1.54, 1.807) is 44.4 Å². The molecule has 1 unspecified atom stereocenters. The Kier molecular flexibility index (Phi) is 4.04. The number of hydrogen-bond donors (Lipinski definition) is 1. The molecule has 4 heteroatoms. The zero-order chi connectivity index (χ0) is 14.8. The number of aromatic nitrogens is 1. The highest BCUT2D eigenvalue weighted by Gasteiger charge is 2.27. The molecule has 3 nitrogen and oxygen atoms in total. The molecule has 0 fully saturated rings.